The molecule has 0 spiro atoms. The van der Waals surface area contributed by atoms with E-state index in [1.54, 1.807) is 13.2 Å². The number of halogens is 2. The fourth-order valence-electron chi connectivity index (χ4n) is 1.56. The second-order valence-electron chi connectivity index (χ2n) is 3.83. The summed E-state index contributed by atoms with van der Waals surface area (Å²) < 4.78 is 38.9. The third-order valence-corrected chi connectivity index (χ3v) is 4.67. The Bertz CT molecular complexity index is 682. The number of aromatic nitrogens is 2. The average Bonchev–Trinajstić information content (AvgIpc) is 2.70. The SMILES string of the molecule is Cn1ccnc1S(=O)(=O)Cc1ccc(F)c(Br)c1. The number of rotatable bonds is 3. The van der Waals surface area contributed by atoms with E-state index in [0.717, 1.165) is 0 Å². The summed E-state index contributed by atoms with van der Waals surface area (Å²) in [5, 5.41) is 0.00273. The van der Waals surface area contributed by atoms with Crippen molar-refractivity contribution in [2.24, 2.45) is 7.05 Å². The quantitative estimate of drug-likeness (QED) is 0.866. The van der Waals surface area contributed by atoms with Gasteiger partial charge in [0.15, 0.2) is 0 Å². The highest BCUT2D eigenvalue weighted by Gasteiger charge is 2.20. The molecule has 0 fully saturated rings. The Balaban J connectivity index is 2.34. The number of hydrogen-bond donors (Lipinski definition) is 0. The third kappa shape index (κ3) is 2.62. The van der Waals surface area contributed by atoms with Crippen molar-refractivity contribution in [1.29, 1.82) is 0 Å². The van der Waals surface area contributed by atoms with Crippen LogP contribution in [0.2, 0.25) is 0 Å². The largest absolute Gasteiger partial charge is 0.325 e. The molecule has 1 heterocycles. The molecule has 0 aliphatic carbocycles. The lowest BCUT2D eigenvalue weighted by atomic mass is 10.2. The maximum absolute atomic E-state index is 13.1. The molecule has 0 amide bonds. The zero-order chi connectivity index (χ0) is 13.3. The van der Waals surface area contributed by atoms with E-state index in [-0.39, 0.29) is 15.4 Å². The Morgan fingerprint density at radius 3 is 2.72 bits per heavy atom. The van der Waals surface area contributed by atoms with Crippen molar-refractivity contribution in [2.45, 2.75) is 10.9 Å². The molecule has 2 rings (SSSR count). The van der Waals surface area contributed by atoms with Crippen LogP contribution in [0, 0.1) is 5.82 Å². The molecular weight excluding hydrogens is 323 g/mol. The van der Waals surface area contributed by atoms with Gasteiger partial charge < -0.3 is 4.57 Å². The van der Waals surface area contributed by atoms with E-state index in [1.165, 1.54) is 29.0 Å². The van der Waals surface area contributed by atoms with Crippen LogP contribution in [0.15, 0.2) is 40.2 Å². The lowest BCUT2D eigenvalue weighted by Gasteiger charge is -2.05. The highest BCUT2D eigenvalue weighted by Crippen LogP contribution is 2.20. The Kier molecular flexibility index (Phi) is 3.54. The molecular formula is C11H10BrFN2O2S. The first-order chi connectivity index (χ1) is 8.40. The molecule has 0 saturated carbocycles. The summed E-state index contributed by atoms with van der Waals surface area (Å²) in [7, 11) is -1.91. The van der Waals surface area contributed by atoms with Crippen molar-refractivity contribution in [2.75, 3.05) is 0 Å². The van der Waals surface area contributed by atoms with Gasteiger partial charge in [0, 0.05) is 19.4 Å². The minimum absolute atomic E-state index is 0.00273. The first kappa shape index (κ1) is 13.2. The smallest absolute Gasteiger partial charge is 0.227 e. The van der Waals surface area contributed by atoms with Crippen molar-refractivity contribution >= 4 is 25.8 Å². The highest BCUT2D eigenvalue weighted by atomic mass is 79.9. The fraction of sp³-hybridized carbons (Fsp3) is 0.182. The third-order valence-electron chi connectivity index (χ3n) is 2.40. The van der Waals surface area contributed by atoms with Gasteiger partial charge in [0.05, 0.1) is 10.2 Å². The number of hydrogen-bond acceptors (Lipinski definition) is 3. The molecule has 0 aliphatic heterocycles. The van der Waals surface area contributed by atoms with Crippen LogP contribution in [0.25, 0.3) is 0 Å². The van der Waals surface area contributed by atoms with Gasteiger partial charge in [-0.05, 0) is 33.6 Å². The molecule has 0 aliphatic rings. The van der Waals surface area contributed by atoms with Gasteiger partial charge in [0.1, 0.15) is 5.82 Å². The summed E-state index contributed by atoms with van der Waals surface area (Å²) in [6.45, 7) is 0. The molecule has 0 radical (unpaired) electrons. The predicted octanol–water partition coefficient (Wildman–Crippen LogP) is 2.30. The Hall–Kier alpha value is -1.21. The number of imidazole rings is 1. The minimum atomic E-state index is -3.52. The van der Waals surface area contributed by atoms with E-state index in [2.05, 4.69) is 20.9 Å². The fourth-order valence-corrected chi connectivity index (χ4v) is 3.46. The zero-order valence-corrected chi connectivity index (χ0v) is 11.9. The topological polar surface area (TPSA) is 52.0 Å². The molecule has 96 valence electrons. The van der Waals surface area contributed by atoms with Crippen molar-refractivity contribution in [3.63, 3.8) is 0 Å². The van der Waals surface area contributed by atoms with Crippen LogP contribution in [0.4, 0.5) is 4.39 Å². The van der Waals surface area contributed by atoms with Gasteiger partial charge in [0.2, 0.25) is 15.0 Å². The molecule has 7 heteroatoms. The average molecular weight is 333 g/mol. The predicted molar refractivity (Wildman–Crippen MR) is 68.2 cm³/mol. The van der Waals surface area contributed by atoms with Crippen molar-refractivity contribution in [3.05, 3.63) is 46.4 Å². The lowest BCUT2D eigenvalue weighted by Crippen LogP contribution is -2.10. The summed E-state index contributed by atoms with van der Waals surface area (Å²) in [5.74, 6) is -0.635. The minimum Gasteiger partial charge on any atom is -0.325 e. The van der Waals surface area contributed by atoms with Crippen LogP contribution >= 0.6 is 15.9 Å². The van der Waals surface area contributed by atoms with Crippen molar-refractivity contribution < 1.29 is 12.8 Å². The lowest BCUT2D eigenvalue weighted by molar-refractivity contribution is 0.578. The normalized spacial score (nSPS) is 11.7. The molecule has 1 aromatic carbocycles. The number of nitrogens with zero attached hydrogens (tertiary/aromatic N) is 2. The first-order valence-electron chi connectivity index (χ1n) is 5.04. The van der Waals surface area contributed by atoms with E-state index < -0.39 is 15.7 Å². The molecule has 0 N–H and O–H groups in total. The van der Waals surface area contributed by atoms with Gasteiger partial charge in [-0.2, -0.15) is 0 Å². The summed E-state index contributed by atoms with van der Waals surface area (Å²) in [5.41, 5.74) is 0.506. The van der Waals surface area contributed by atoms with Gasteiger partial charge >= 0.3 is 0 Å². The van der Waals surface area contributed by atoms with Crippen LogP contribution in [0.1, 0.15) is 5.56 Å². The van der Waals surface area contributed by atoms with Gasteiger partial charge in [-0.25, -0.2) is 17.8 Å². The summed E-state index contributed by atoms with van der Waals surface area (Å²) in [6.07, 6.45) is 2.99. The molecule has 0 bridgehead atoms. The van der Waals surface area contributed by atoms with Gasteiger partial charge in [0.25, 0.3) is 0 Å². The summed E-state index contributed by atoms with van der Waals surface area (Å²) >= 11 is 3.03. The van der Waals surface area contributed by atoms with Gasteiger partial charge in [-0.1, -0.05) is 6.07 Å². The van der Waals surface area contributed by atoms with E-state index in [1.807, 2.05) is 0 Å². The second-order valence-corrected chi connectivity index (χ2v) is 6.57. The summed E-state index contributed by atoms with van der Waals surface area (Å²) in [6, 6.07) is 4.13. The van der Waals surface area contributed by atoms with Gasteiger partial charge in [-0.3, -0.25) is 0 Å². The Morgan fingerprint density at radius 2 is 2.17 bits per heavy atom. The monoisotopic (exact) mass is 332 g/mol. The molecule has 1 aromatic heterocycles. The van der Waals surface area contributed by atoms with E-state index in [4.69, 9.17) is 0 Å². The van der Waals surface area contributed by atoms with E-state index in [9.17, 15) is 12.8 Å². The summed E-state index contributed by atoms with van der Waals surface area (Å²) in [4.78, 5) is 3.81. The standard InChI is InChI=1S/C11H10BrFN2O2S/c1-15-5-4-14-11(15)18(16,17)7-8-2-3-10(13)9(12)6-8/h2-6H,7H2,1H3. The van der Waals surface area contributed by atoms with Gasteiger partial charge in [-0.15, -0.1) is 0 Å². The number of sulfone groups is 1. The van der Waals surface area contributed by atoms with Crippen molar-refractivity contribution in [3.8, 4) is 0 Å². The zero-order valence-electron chi connectivity index (χ0n) is 9.47. The van der Waals surface area contributed by atoms with Crippen molar-refractivity contribution in [1.82, 2.24) is 9.55 Å². The molecule has 4 nitrogen and oxygen atoms in total. The highest BCUT2D eigenvalue weighted by molar-refractivity contribution is 9.10. The molecule has 18 heavy (non-hydrogen) atoms. The molecule has 0 saturated heterocycles. The van der Waals surface area contributed by atoms with E-state index >= 15 is 0 Å². The molecule has 2 aromatic rings. The van der Waals surface area contributed by atoms with Crippen LogP contribution in [-0.4, -0.2) is 18.0 Å². The Labute approximate surface area is 113 Å². The van der Waals surface area contributed by atoms with E-state index in [0.29, 0.717) is 5.56 Å². The maximum Gasteiger partial charge on any atom is 0.227 e. The van der Waals surface area contributed by atoms with Crippen LogP contribution in [0.5, 0.6) is 0 Å². The molecule has 0 unspecified atom stereocenters. The van der Waals surface area contributed by atoms with Crippen LogP contribution < -0.4 is 0 Å². The maximum atomic E-state index is 13.1. The first-order valence-corrected chi connectivity index (χ1v) is 7.49. The Morgan fingerprint density at radius 1 is 1.44 bits per heavy atom. The van der Waals surface area contributed by atoms with Crippen LogP contribution in [0.3, 0.4) is 0 Å². The van der Waals surface area contributed by atoms with Crippen LogP contribution in [-0.2, 0) is 22.6 Å². The number of aryl methyl sites for hydroxylation is 1. The second kappa shape index (κ2) is 4.81. The molecule has 0 atom stereocenters. The number of benzene rings is 1.